The molecule has 8 nitrogen and oxygen atoms in total. The molecule has 2 N–H and O–H groups in total. The van der Waals surface area contributed by atoms with Crippen molar-refractivity contribution in [1.29, 1.82) is 0 Å². The van der Waals surface area contributed by atoms with E-state index in [1.807, 2.05) is 37.3 Å². The first-order valence-electron chi connectivity index (χ1n) is 9.91. The molecular weight excluding hydrogens is 380 g/mol. The summed E-state index contributed by atoms with van der Waals surface area (Å²) in [7, 11) is 0. The van der Waals surface area contributed by atoms with Gasteiger partial charge in [-0.05, 0) is 31.2 Å². The summed E-state index contributed by atoms with van der Waals surface area (Å²) in [5, 5.41) is 6.22. The lowest BCUT2D eigenvalue weighted by Crippen LogP contribution is -2.37. The molecular formula is C22H24N6O2. The maximum Gasteiger partial charge on any atom is 0.270 e. The SMILES string of the molecule is Cc1ccc(Nc2cc(CNC(=O)c3ccccn3)nc(N3CCOCC3)n2)cc1. The molecule has 0 spiro atoms. The van der Waals surface area contributed by atoms with Gasteiger partial charge in [0, 0.05) is 31.0 Å². The number of aromatic nitrogens is 3. The van der Waals surface area contributed by atoms with Crippen molar-refractivity contribution in [2.75, 3.05) is 36.5 Å². The summed E-state index contributed by atoms with van der Waals surface area (Å²) in [6, 6.07) is 15.2. The number of hydrogen-bond donors (Lipinski definition) is 2. The Hall–Kier alpha value is -3.52. The highest BCUT2D eigenvalue weighted by molar-refractivity contribution is 5.92. The average Bonchev–Trinajstić information content (AvgIpc) is 2.80. The van der Waals surface area contributed by atoms with Crippen LogP contribution in [-0.4, -0.2) is 47.2 Å². The average molecular weight is 404 g/mol. The molecule has 3 heterocycles. The fourth-order valence-electron chi connectivity index (χ4n) is 3.09. The summed E-state index contributed by atoms with van der Waals surface area (Å²) in [6.07, 6.45) is 1.60. The maximum absolute atomic E-state index is 12.4. The van der Waals surface area contributed by atoms with Crippen molar-refractivity contribution < 1.29 is 9.53 Å². The molecule has 0 unspecified atom stereocenters. The van der Waals surface area contributed by atoms with Gasteiger partial charge >= 0.3 is 0 Å². The molecule has 4 rings (SSSR count). The number of rotatable bonds is 6. The van der Waals surface area contributed by atoms with Crippen LogP contribution in [0.1, 0.15) is 21.7 Å². The summed E-state index contributed by atoms with van der Waals surface area (Å²) in [5.41, 5.74) is 3.22. The topological polar surface area (TPSA) is 92.3 Å². The number of carbonyl (C=O) groups excluding carboxylic acids is 1. The van der Waals surface area contributed by atoms with Crippen LogP contribution in [0, 0.1) is 6.92 Å². The Balaban J connectivity index is 1.54. The second kappa shape index (κ2) is 9.32. The van der Waals surface area contributed by atoms with Gasteiger partial charge in [0.2, 0.25) is 5.95 Å². The van der Waals surface area contributed by atoms with Crippen LogP contribution in [0.4, 0.5) is 17.5 Å². The zero-order valence-corrected chi connectivity index (χ0v) is 16.8. The summed E-state index contributed by atoms with van der Waals surface area (Å²) in [5.74, 6) is 1.06. The number of anilines is 3. The number of amides is 1. The van der Waals surface area contributed by atoms with Crippen LogP contribution in [0.5, 0.6) is 0 Å². The van der Waals surface area contributed by atoms with Crippen molar-refractivity contribution in [3.05, 3.63) is 71.7 Å². The number of nitrogens with zero attached hydrogens (tertiary/aromatic N) is 4. The third-order valence-electron chi connectivity index (χ3n) is 4.71. The molecule has 1 aliphatic heterocycles. The van der Waals surface area contributed by atoms with Crippen LogP contribution in [0.25, 0.3) is 0 Å². The van der Waals surface area contributed by atoms with E-state index in [0.717, 1.165) is 18.8 Å². The minimum absolute atomic E-state index is 0.241. The third-order valence-corrected chi connectivity index (χ3v) is 4.71. The fraction of sp³-hybridized carbons (Fsp3) is 0.273. The van der Waals surface area contributed by atoms with Gasteiger partial charge in [-0.25, -0.2) is 4.98 Å². The van der Waals surface area contributed by atoms with E-state index in [4.69, 9.17) is 4.74 Å². The first kappa shape index (κ1) is 19.8. The summed E-state index contributed by atoms with van der Waals surface area (Å²) in [4.78, 5) is 27.9. The smallest absolute Gasteiger partial charge is 0.270 e. The van der Waals surface area contributed by atoms with Gasteiger partial charge in [0.15, 0.2) is 0 Å². The van der Waals surface area contributed by atoms with Crippen LogP contribution >= 0.6 is 0 Å². The summed E-state index contributed by atoms with van der Waals surface area (Å²) in [6.45, 7) is 5.07. The predicted molar refractivity (Wildman–Crippen MR) is 115 cm³/mol. The first-order valence-corrected chi connectivity index (χ1v) is 9.91. The lowest BCUT2D eigenvalue weighted by Gasteiger charge is -2.27. The van der Waals surface area contributed by atoms with Crippen LogP contribution in [0.15, 0.2) is 54.7 Å². The number of ether oxygens (including phenoxy) is 1. The Kier molecular flexibility index (Phi) is 6.14. The van der Waals surface area contributed by atoms with E-state index >= 15 is 0 Å². The quantitative estimate of drug-likeness (QED) is 0.653. The molecule has 3 aromatic rings. The molecule has 1 fully saturated rings. The standard InChI is InChI=1S/C22H24N6O2/c1-16-5-7-17(8-6-16)25-20-14-18(15-24-21(29)19-4-2-3-9-23-19)26-22(27-20)28-10-12-30-13-11-28/h2-9,14H,10-13,15H2,1H3,(H,24,29)(H,25,26,27). The van der Waals surface area contributed by atoms with Crippen molar-refractivity contribution in [3.8, 4) is 0 Å². The van der Waals surface area contributed by atoms with E-state index in [0.29, 0.717) is 36.4 Å². The highest BCUT2D eigenvalue weighted by atomic mass is 16.5. The molecule has 1 amide bonds. The Labute approximate surface area is 175 Å². The van der Waals surface area contributed by atoms with E-state index in [-0.39, 0.29) is 12.5 Å². The van der Waals surface area contributed by atoms with E-state index in [1.54, 1.807) is 24.4 Å². The molecule has 154 valence electrons. The molecule has 2 aromatic heterocycles. The van der Waals surface area contributed by atoms with E-state index in [2.05, 4.69) is 30.5 Å². The van der Waals surface area contributed by atoms with Gasteiger partial charge in [0.05, 0.1) is 25.5 Å². The largest absolute Gasteiger partial charge is 0.378 e. The van der Waals surface area contributed by atoms with Crippen LogP contribution in [0.2, 0.25) is 0 Å². The highest BCUT2D eigenvalue weighted by Crippen LogP contribution is 2.20. The molecule has 0 bridgehead atoms. The van der Waals surface area contributed by atoms with Crippen molar-refractivity contribution in [2.45, 2.75) is 13.5 Å². The van der Waals surface area contributed by atoms with E-state index in [1.165, 1.54) is 5.56 Å². The minimum Gasteiger partial charge on any atom is -0.378 e. The first-order chi connectivity index (χ1) is 14.7. The summed E-state index contributed by atoms with van der Waals surface area (Å²) >= 11 is 0. The number of carbonyl (C=O) groups is 1. The predicted octanol–water partition coefficient (Wildman–Crippen LogP) is 2.69. The second-order valence-electron chi connectivity index (χ2n) is 7.03. The van der Waals surface area contributed by atoms with Crippen LogP contribution in [-0.2, 0) is 11.3 Å². The van der Waals surface area contributed by atoms with Crippen LogP contribution < -0.4 is 15.5 Å². The highest BCUT2D eigenvalue weighted by Gasteiger charge is 2.16. The fourth-order valence-corrected chi connectivity index (χ4v) is 3.09. The molecule has 0 aliphatic carbocycles. The van der Waals surface area contributed by atoms with Crippen LogP contribution in [0.3, 0.4) is 0 Å². The number of aryl methyl sites for hydroxylation is 1. The molecule has 1 aliphatic rings. The zero-order chi connectivity index (χ0) is 20.8. The molecule has 1 aromatic carbocycles. The molecule has 0 radical (unpaired) electrons. The van der Waals surface area contributed by atoms with Gasteiger partial charge in [-0.15, -0.1) is 0 Å². The number of morpholine rings is 1. The van der Waals surface area contributed by atoms with Gasteiger partial charge in [0.1, 0.15) is 11.5 Å². The van der Waals surface area contributed by atoms with E-state index < -0.39 is 0 Å². The Bertz CT molecular complexity index is 988. The third kappa shape index (κ3) is 5.09. The molecule has 0 saturated carbocycles. The minimum atomic E-state index is -0.241. The second-order valence-corrected chi connectivity index (χ2v) is 7.03. The van der Waals surface area contributed by atoms with Gasteiger partial charge in [-0.3, -0.25) is 9.78 Å². The normalized spacial score (nSPS) is 13.7. The van der Waals surface area contributed by atoms with Gasteiger partial charge in [0.25, 0.3) is 5.91 Å². The summed E-state index contributed by atoms with van der Waals surface area (Å²) < 4.78 is 5.44. The molecule has 8 heteroatoms. The number of pyridine rings is 1. The molecule has 1 saturated heterocycles. The lowest BCUT2D eigenvalue weighted by atomic mass is 10.2. The van der Waals surface area contributed by atoms with Gasteiger partial charge in [-0.2, -0.15) is 4.98 Å². The maximum atomic E-state index is 12.4. The Morgan fingerprint density at radius 2 is 1.90 bits per heavy atom. The van der Waals surface area contributed by atoms with Crippen molar-refractivity contribution in [1.82, 2.24) is 20.3 Å². The van der Waals surface area contributed by atoms with Gasteiger partial charge in [-0.1, -0.05) is 23.8 Å². The zero-order valence-electron chi connectivity index (χ0n) is 16.8. The number of nitrogens with one attached hydrogen (secondary N) is 2. The van der Waals surface area contributed by atoms with Gasteiger partial charge < -0.3 is 20.3 Å². The van der Waals surface area contributed by atoms with Crippen molar-refractivity contribution in [2.24, 2.45) is 0 Å². The van der Waals surface area contributed by atoms with E-state index in [9.17, 15) is 4.79 Å². The van der Waals surface area contributed by atoms with Crippen molar-refractivity contribution in [3.63, 3.8) is 0 Å². The monoisotopic (exact) mass is 404 g/mol. The molecule has 30 heavy (non-hydrogen) atoms. The molecule has 0 atom stereocenters. The van der Waals surface area contributed by atoms with Crippen molar-refractivity contribution >= 4 is 23.4 Å². The lowest BCUT2D eigenvalue weighted by molar-refractivity contribution is 0.0945. The Morgan fingerprint density at radius 1 is 1.10 bits per heavy atom. The number of hydrogen-bond acceptors (Lipinski definition) is 7. The Morgan fingerprint density at radius 3 is 2.63 bits per heavy atom. The number of benzene rings is 1.